The van der Waals surface area contributed by atoms with Crippen molar-refractivity contribution in [2.45, 2.75) is 39.0 Å². The molecule has 2 rings (SSSR count). The monoisotopic (exact) mass is 263 g/mol. The van der Waals surface area contributed by atoms with Crippen molar-refractivity contribution in [2.24, 2.45) is 0 Å². The van der Waals surface area contributed by atoms with Crippen molar-refractivity contribution in [3.05, 3.63) is 35.9 Å². The molecule has 1 unspecified atom stereocenters. The smallest absolute Gasteiger partial charge is 0.412 e. The predicted octanol–water partition coefficient (Wildman–Crippen LogP) is 3.17. The van der Waals surface area contributed by atoms with Gasteiger partial charge in [0, 0.05) is 13.2 Å². The fourth-order valence-corrected chi connectivity index (χ4v) is 2.28. The van der Waals surface area contributed by atoms with E-state index in [2.05, 4.69) is 0 Å². The van der Waals surface area contributed by atoms with Crippen LogP contribution in [0.2, 0.25) is 0 Å². The predicted molar refractivity (Wildman–Crippen MR) is 72.6 cm³/mol. The summed E-state index contributed by atoms with van der Waals surface area (Å²) in [5, 5.41) is 0. The highest BCUT2D eigenvalue weighted by molar-refractivity contribution is 5.68. The lowest BCUT2D eigenvalue weighted by Crippen LogP contribution is -2.45. The molecule has 1 aromatic rings. The van der Waals surface area contributed by atoms with Gasteiger partial charge in [0.15, 0.2) is 0 Å². The van der Waals surface area contributed by atoms with Crippen LogP contribution in [0.1, 0.15) is 31.7 Å². The van der Waals surface area contributed by atoms with Crippen molar-refractivity contribution in [1.29, 1.82) is 0 Å². The molecule has 0 N–H and O–H groups in total. The van der Waals surface area contributed by atoms with Crippen molar-refractivity contribution in [3.8, 4) is 0 Å². The number of carbonyl (C=O) groups excluding carboxylic acids is 1. The number of ether oxygens (including phenoxy) is 2. The summed E-state index contributed by atoms with van der Waals surface area (Å²) in [5.74, 6) is 0. The van der Waals surface area contributed by atoms with Crippen molar-refractivity contribution in [3.63, 3.8) is 0 Å². The van der Waals surface area contributed by atoms with Gasteiger partial charge in [0.2, 0.25) is 0 Å². The third-order valence-electron chi connectivity index (χ3n) is 3.25. The Morgan fingerprint density at radius 3 is 2.84 bits per heavy atom. The first kappa shape index (κ1) is 13.9. The van der Waals surface area contributed by atoms with Crippen LogP contribution in [0.4, 0.5) is 4.79 Å². The van der Waals surface area contributed by atoms with Crippen LogP contribution < -0.4 is 0 Å². The quantitative estimate of drug-likeness (QED) is 0.837. The van der Waals surface area contributed by atoms with Crippen molar-refractivity contribution >= 4 is 6.09 Å². The van der Waals surface area contributed by atoms with Crippen LogP contribution in [0.3, 0.4) is 0 Å². The van der Waals surface area contributed by atoms with E-state index in [4.69, 9.17) is 9.47 Å². The van der Waals surface area contributed by atoms with Crippen LogP contribution in [0.25, 0.3) is 0 Å². The van der Waals surface area contributed by atoms with Crippen LogP contribution in [0.15, 0.2) is 30.3 Å². The maximum absolute atomic E-state index is 12.1. The van der Waals surface area contributed by atoms with Crippen LogP contribution in [-0.4, -0.2) is 30.4 Å². The summed E-state index contributed by atoms with van der Waals surface area (Å²) >= 11 is 0. The molecule has 4 heteroatoms. The standard InChI is InChI=1S/C15H21NO3/c1-2-18-14-10-6-7-11-16(14)15(17)19-12-13-8-4-3-5-9-13/h3-5,8-9,14H,2,6-7,10-12H2,1H3. The highest BCUT2D eigenvalue weighted by atomic mass is 16.6. The summed E-state index contributed by atoms with van der Waals surface area (Å²) in [7, 11) is 0. The first-order chi connectivity index (χ1) is 9.31. The van der Waals surface area contributed by atoms with Crippen molar-refractivity contribution in [2.75, 3.05) is 13.2 Å². The highest BCUT2D eigenvalue weighted by Gasteiger charge is 2.28. The Balaban J connectivity index is 1.87. The molecule has 0 aliphatic carbocycles. The normalized spacial score (nSPS) is 19.2. The maximum Gasteiger partial charge on any atom is 0.412 e. The zero-order chi connectivity index (χ0) is 13.5. The molecule has 1 heterocycles. The van der Waals surface area contributed by atoms with E-state index < -0.39 is 0 Å². The zero-order valence-electron chi connectivity index (χ0n) is 11.4. The fourth-order valence-electron chi connectivity index (χ4n) is 2.28. The van der Waals surface area contributed by atoms with Gasteiger partial charge in [-0.2, -0.15) is 0 Å². The van der Waals surface area contributed by atoms with E-state index in [1.165, 1.54) is 0 Å². The second-order valence-corrected chi connectivity index (χ2v) is 4.64. The molecule has 1 atom stereocenters. The van der Waals surface area contributed by atoms with Gasteiger partial charge in [-0.15, -0.1) is 0 Å². The van der Waals surface area contributed by atoms with Gasteiger partial charge in [0.25, 0.3) is 0 Å². The number of likely N-dealkylation sites (tertiary alicyclic amines) is 1. The lowest BCUT2D eigenvalue weighted by Gasteiger charge is -2.34. The molecule has 0 aromatic heterocycles. The molecule has 1 aromatic carbocycles. The summed E-state index contributed by atoms with van der Waals surface area (Å²) in [6.07, 6.45) is 2.62. The highest BCUT2D eigenvalue weighted by Crippen LogP contribution is 2.19. The molecule has 0 spiro atoms. The number of amides is 1. The van der Waals surface area contributed by atoms with Gasteiger partial charge in [-0.1, -0.05) is 30.3 Å². The molecular weight excluding hydrogens is 242 g/mol. The molecule has 1 aliphatic rings. The van der Waals surface area contributed by atoms with E-state index in [1.54, 1.807) is 4.90 Å². The maximum atomic E-state index is 12.1. The van der Waals surface area contributed by atoms with Crippen LogP contribution in [0.5, 0.6) is 0 Å². The van der Waals surface area contributed by atoms with E-state index in [1.807, 2.05) is 37.3 Å². The van der Waals surface area contributed by atoms with Gasteiger partial charge in [0.1, 0.15) is 12.8 Å². The van der Waals surface area contributed by atoms with Crippen molar-refractivity contribution in [1.82, 2.24) is 4.90 Å². The van der Waals surface area contributed by atoms with E-state index in [-0.39, 0.29) is 12.3 Å². The van der Waals surface area contributed by atoms with Gasteiger partial charge >= 0.3 is 6.09 Å². The molecule has 4 nitrogen and oxygen atoms in total. The van der Waals surface area contributed by atoms with Gasteiger partial charge < -0.3 is 9.47 Å². The summed E-state index contributed by atoms with van der Waals surface area (Å²) in [6, 6.07) is 9.72. The second-order valence-electron chi connectivity index (χ2n) is 4.64. The number of piperidine rings is 1. The van der Waals surface area contributed by atoms with Crippen LogP contribution in [-0.2, 0) is 16.1 Å². The van der Waals surface area contributed by atoms with Gasteiger partial charge in [0.05, 0.1) is 0 Å². The molecule has 19 heavy (non-hydrogen) atoms. The Labute approximate surface area is 114 Å². The van der Waals surface area contributed by atoms with E-state index in [0.29, 0.717) is 13.2 Å². The Morgan fingerprint density at radius 2 is 2.11 bits per heavy atom. The average molecular weight is 263 g/mol. The first-order valence-corrected chi connectivity index (χ1v) is 6.90. The van der Waals surface area contributed by atoms with Crippen molar-refractivity contribution < 1.29 is 14.3 Å². The number of carbonyl (C=O) groups is 1. The molecule has 1 fully saturated rings. The minimum atomic E-state index is -0.276. The molecular formula is C15H21NO3. The molecule has 1 amide bonds. The number of hydrogen-bond acceptors (Lipinski definition) is 3. The molecule has 104 valence electrons. The fraction of sp³-hybridized carbons (Fsp3) is 0.533. The first-order valence-electron chi connectivity index (χ1n) is 6.90. The number of rotatable bonds is 4. The summed E-state index contributed by atoms with van der Waals surface area (Å²) in [4.78, 5) is 13.8. The lowest BCUT2D eigenvalue weighted by molar-refractivity contribution is -0.0682. The van der Waals surface area contributed by atoms with Crippen LogP contribution in [0, 0.1) is 0 Å². The largest absolute Gasteiger partial charge is 0.444 e. The SMILES string of the molecule is CCOC1CCCCN1C(=O)OCc1ccccc1. The summed E-state index contributed by atoms with van der Waals surface area (Å²) in [5.41, 5.74) is 1.00. The summed E-state index contributed by atoms with van der Waals surface area (Å²) in [6.45, 7) is 3.60. The minimum Gasteiger partial charge on any atom is -0.444 e. The van der Waals surface area contributed by atoms with Gasteiger partial charge in [-0.3, -0.25) is 4.90 Å². The Bertz CT molecular complexity index is 392. The Kier molecular flexibility index (Phi) is 5.21. The Morgan fingerprint density at radius 1 is 1.32 bits per heavy atom. The molecule has 0 saturated carbocycles. The van der Waals surface area contributed by atoms with E-state index in [9.17, 15) is 4.79 Å². The lowest BCUT2D eigenvalue weighted by atomic mass is 10.1. The average Bonchev–Trinajstić information content (AvgIpc) is 2.47. The second kappa shape index (κ2) is 7.14. The zero-order valence-corrected chi connectivity index (χ0v) is 11.4. The molecule has 1 aliphatic heterocycles. The molecule has 0 radical (unpaired) electrons. The number of benzene rings is 1. The topological polar surface area (TPSA) is 38.8 Å². The third kappa shape index (κ3) is 3.96. The summed E-state index contributed by atoms with van der Waals surface area (Å²) < 4.78 is 10.9. The van der Waals surface area contributed by atoms with E-state index in [0.717, 1.165) is 31.4 Å². The minimum absolute atomic E-state index is 0.123. The number of nitrogens with zero attached hydrogens (tertiary/aromatic N) is 1. The Hall–Kier alpha value is -1.55. The number of hydrogen-bond donors (Lipinski definition) is 0. The third-order valence-corrected chi connectivity index (χ3v) is 3.25. The van der Waals surface area contributed by atoms with E-state index >= 15 is 0 Å². The molecule has 0 bridgehead atoms. The van der Waals surface area contributed by atoms with Gasteiger partial charge in [-0.05, 0) is 31.7 Å². The molecule has 1 saturated heterocycles. The van der Waals surface area contributed by atoms with Gasteiger partial charge in [-0.25, -0.2) is 4.79 Å². The van der Waals surface area contributed by atoms with Crippen LogP contribution >= 0.6 is 0 Å².